The average Bonchev–Trinajstić information content (AvgIpc) is 2.61. The molecule has 0 saturated carbocycles. The van der Waals surface area contributed by atoms with E-state index in [0.29, 0.717) is 6.54 Å². The maximum atomic E-state index is 10.6. The smallest absolute Gasteiger partial charge is 0.490 e. The van der Waals surface area contributed by atoms with Crippen LogP contribution in [0.25, 0.3) is 0 Å². The summed E-state index contributed by atoms with van der Waals surface area (Å²) >= 11 is 0. The summed E-state index contributed by atoms with van der Waals surface area (Å²) < 4.78 is 37.5. The standard InChI is InChI=1S/C17H27NO3.C2HF3O2/c1-2-3-4-13-21-16-9-5-7-15(14-16)8-6-11-18-12-10-17(19)20;3-2(4,5)1(6)7/h5,7,9,14,18H,2-4,6,8,10-13H2,1H3,(H,19,20);(H,6,7). The van der Waals surface area contributed by atoms with Gasteiger partial charge in [0.05, 0.1) is 13.0 Å². The zero-order valence-corrected chi connectivity index (χ0v) is 15.9. The topological polar surface area (TPSA) is 95.9 Å². The number of benzene rings is 1. The Labute approximate surface area is 162 Å². The summed E-state index contributed by atoms with van der Waals surface area (Å²) in [5, 5.41) is 18.8. The van der Waals surface area contributed by atoms with Gasteiger partial charge in [-0.05, 0) is 43.5 Å². The summed E-state index contributed by atoms with van der Waals surface area (Å²) in [6.07, 6.45) is 0.598. The van der Waals surface area contributed by atoms with E-state index < -0.39 is 18.1 Å². The van der Waals surface area contributed by atoms with Crippen molar-refractivity contribution in [1.29, 1.82) is 0 Å². The van der Waals surface area contributed by atoms with Crippen LogP contribution in [-0.2, 0) is 16.0 Å². The van der Waals surface area contributed by atoms with E-state index in [4.69, 9.17) is 19.7 Å². The summed E-state index contributed by atoms with van der Waals surface area (Å²) in [4.78, 5) is 19.3. The van der Waals surface area contributed by atoms with Gasteiger partial charge in [-0.15, -0.1) is 0 Å². The van der Waals surface area contributed by atoms with E-state index in [9.17, 15) is 18.0 Å². The van der Waals surface area contributed by atoms with Crippen LogP contribution in [0.5, 0.6) is 5.75 Å². The van der Waals surface area contributed by atoms with E-state index >= 15 is 0 Å². The van der Waals surface area contributed by atoms with Crippen LogP contribution in [0, 0.1) is 0 Å². The molecule has 0 aromatic heterocycles. The van der Waals surface area contributed by atoms with Gasteiger partial charge in [0.2, 0.25) is 0 Å². The van der Waals surface area contributed by atoms with Gasteiger partial charge in [-0.25, -0.2) is 4.79 Å². The monoisotopic (exact) mass is 407 g/mol. The number of aryl methyl sites for hydroxylation is 1. The molecule has 0 spiro atoms. The molecule has 0 aliphatic heterocycles. The molecule has 0 saturated heterocycles. The number of aliphatic carboxylic acids is 2. The molecule has 28 heavy (non-hydrogen) atoms. The van der Waals surface area contributed by atoms with Gasteiger partial charge in [-0.1, -0.05) is 31.9 Å². The fraction of sp³-hybridized carbons (Fsp3) is 0.579. The molecule has 0 bridgehead atoms. The van der Waals surface area contributed by atoms with Crippen molar-refractivity contribution in [1.82, 2.24) is 5.32 Å². The Hall–Kier alpha value is -2.29. The van der Waals surface area contributed by atoms with Crippen LogP contribution in [0.4, 0.5) is 13.2 Å². The molecule has 0 radical (unpaired) electrons. The summed E-state index contributed by atoms with van der Waals surface area (Å²) in [6.45, 7) is 4.35. The second kappa shape index (κ2) is 14.7. The largest absolute Gasteiger partial charge is 0.494 e. The molecular formula is C19H28F3NO5. The first-order valence-corrected chi connectivity index (χ1v) is 9.11. The number of carboxylic acids is 2. The molecular weight excluding hydrogens is 379 g/mol. The van der Waals surface area contributed by atoms with Gasteiger partial charge in [0, 0.05) is 6.54 Å². The van der Waals surface area contributed by atoms with Gasteiger partial charge in [-0.3, -0.25) is 4.79 Å². The van der Waals surface area contributed by atoms with Gasteiger partial charge in [0.15, 0.2) is 0 Å². The Balaban J connectivity index is 0.000000887. The Bertz CT molecular complexity index is 579. The number of carbonyl (C=O) groups is 2. The predicted molar refractivity (Wildman–Crippen MR) is 98.6 cm³/mol. The molecule has 0 fully saturated rings. The Morgan fingerprint density at radius 2 is 1.79 bits per heavy atom. The molecule has 1 rings (SSSR count). The number of nitrogens with one attached hydrogen (secondary N) is 1. The lowest BCUT2D eigenvalue weighted by molar-refractivity contribution is -0.192. The molecule has 6 nitrogen and oxygen atoms in total. The number of ether oxygens (including phenoxy) is 1. The van der Waals surface area contributed by atoms with Crippen LogP contribution in [0.15, 0.2) is 24.3 Å². The van der Waals surface area contributed by atoms with Gasteiger partial charge in [0.25, 0.3) is 0 Å². The van der Waals surface area contributed by atoms with E-state index in [1.165, 1.54) is 18.4 Å². The van der Waals surface area contributed by atoms with Crippen molar-refractivity contribution in [3.05, 3.63) is 29.8 Å². The zero-order chi connectivity index (χ0) is 21.4. The Morgan fingerprint density at radius 3 is 2.36 bits per heavy atom. The lowest BCUT2D eigenvalue weighted by Gasteiger charge is -2.08. The fourth-order valence-electron chi connectivity index (χ4n) is 2.07. The first kappa shape index (κ1) is 25.7. The van der Waals surface area contributed by atoms with Crippen molar-refractivity contribution < 1.29 is 37.7 Å². The number of halogens is 3. The quantitative estimate of drug-likeness (QED) is 0.455. The van der Waals surface area contributed by atoms with Crippen LogP contribution in [0.3, 0.4) is 0 Å². The van der Waals surface area contributed by atoms with Gasteiger partial charge < -0.3 is 20.3 Å². The average molecular weight is 407 g/mol. The minimum atomic E-state index is -5.08. The lowest BCUT2D eigenvalue weighted by atomic mass is 10.1. The Morgan fingerprint density at radius 1 is 1.11 bits per heavy atom. The number of hydrogen-bond donors (Lipinski definition) is 3. The molecule has 0 aliphatic rings. The minimum absolute atomic E-state index is 0.182. The molecule has 1 aromatic carbocycles. The van der Waals surface area contributed by atoms with Crippen molar-refractivity contribution >= 4 is 11.9 Å². The molecule has 3 N–H and O–H groups in total. The molecule has 1 aromatic rings. The van der Waals surface area contributed by atoms with Gasteiger partial charge in [0.1, 0.15) is 5.75 Å². The molecule has 0 aliphatic carbocycles. The lowest BCUT2D eigenvalue weighted by Crippen LogP contribution is -2.21. The number of alkyl halides is 3. The van der Waals surface area contributed by atoms with Crippen molar-refractivity contribution in [3.8, 4) is 5.75 Å². The number of rotatable bonds is 12. The number of carboxylic acid groups (broad SMARTS) is 2. The van der Waals surface area contributed by atoms with E-state index in [1.54, 1.807) is 0 Å². The third-order valence-electron chi connectivity index (χ3n) is 3.49. The van der Waals surface area contributed by atoms with Crippen LogP contribution < -0.4 is 10.1 Å². The van der Waals surface area contributed by atoms with Crippen LogP contribution in [0.1, 0.15) is 44.6 Å². The molecule has 0 heterocycles. The maximum absolute atomic E-state index is 10.6. The normalized spacial score (nSPS) is 10.7. The van der Waals surface area contributed by atoms with Crippen molar-refractivity contribution in [2.45, 2.75) is 51.6 Å². The molecule has 0 atom stereocenters. The van der Waals surface area contributed by atoms with Crippen molar-refractivity contribution in [2.75, 3.05) is 19.7 Å². The summed E-state index contributed by atoms with van der Waals surface area (Å²) in [7, 11) is 0. The van der Waals surface area contributed by atoms with E-state index in [2.05, 4.69) is 24.4 Å². The summed E-state index contributed by atoms with van der Waals surface area (Å²) in [5.74, 6) is -2.56. The zero-order valence-electron chi connectivity index (χ0n) is 15.9. The number of unbranched alkanes of at least 4 members (excludes halogenated alkanes) is 2. The van der Waals surface area contributed by atoms with Gasteiger partial charge >= 0.3 is 18.1 Å². The van der Waals surface area contributed by atoms with E-state index in [-0.39, 0.29) is 6.42 Å². The highest BCUT2D eigenvalue weighted by Crippen LogP contribution is 2.15. The minimum Gasteiger partial charge on any atom is -0.494 e. The summed E-state index contributed by atoms with van der Waals surface area (Å²) in [6, 6.07) is 8.24. The van der Waals surface area contributed by atoms with E-state index in [0.717, 1.165) is 38.2 Å². The first-order valence-electron chi connectivity index (χ1n) is 9.11. The maximum Gasteiger partial charge on any atom is 0.490 e. The third kappa shape index (κ3) is 14.8. The molecule has 9 heteroatoms. The van der Waals surface area contributed by atoms with Crippen LogP contribution >= 0.6 is 0 Å². The highest BCUT2D eigenvalue weighted by atomic mass is 19.4. The predicted octanol–water partition coefficient (Wildman–Crippen LogP) is 3.89. The number of hydrogen-bond acceptors (Lipinski definition) is 4. The fourth-order valence-corrected chi connectivity index (χ4v) is 2.07. The van der Waals surface area contributed by atoms with E-state index in [1.807, 2.05) is 12.1 Å². The third-order valence-corrected chi connectivity index (χ3v) is 3.49. The molecule has 0 amide bonds. The Kier molecular flexibility index (Phi) is 13.5. The van der Waals surface area contributed by atoms with Crippen LogP contribution in [-0.4, -0.2) is 48.0 Å². The molecule has 160 valence electrons. The van der Waals surface area contributed by atoms with Crippen molar-refractivity contribution in [3.63, 3.8) is 0 Å². The van der Waals surface area contributed by atoms with Crippen LogP contribution in [0.2, 0.25) is 0 Å². The second-order valence-electron chi connectivity index (χ2n) is 6.00. The highest BCUT2D eigenvalue weighted by Gasteiger charge is 2.38. The van der Waals surface area contributed by atoms with Gasteiger partial charge in [-0.2, -0.15) is 13.2 Å². The second-order valence-corrected chi connectivity index (χ2v) is 6.00. The summed E-state index contributed by atoms with van der Waals surface area (Å²) in [5.41, 5.74) is 1.27. The SMILES string of the molecule is CCCCCOc1cccc(CCCNCCC(=O)O)c1.O=C(O)C(F)(F)F. The highest BCUT2D eigenvalue weighted by molar-refractivity contribution is 5.73. The molecule has 0 unspecified atom stereocenters. The first-order chi connectivity index (χ1) is 13.2. The van der Waals surface area contributed by atoms with Crippen molar-refractivity contribution in [2.24, 2.45) is 0 Å².